The number of ether oxygens (including phenoxy) is 1. The van der Waals surface area contributed by atoms with E-state index in [9.17, 15) is 9.90 Å². The zero-order chi connectivity index (χ0) is 17.0. The Labute approximate surface area is 141 Å². The van der Waals surface area contributed by atoms with Gasteiger partial charge in [0.25, 0.3) is 0 Å². The van der Waals surface area contributed by atoms with Gasteiger partial charge < -0.3 is 9.84 Å². The van der Waals surface area contributed by atoms with Crippen LogP contribution in [0.5, 0.6) is 11.5 Å². The molecule has 2 aliphatic rings. The minimum absolute atomic E-state index is 0.214. The smallest absolute Gasteiger partial charge is 0.335 e. The van der Waals surface area contributed by atoms with Crippen LogP contribution in [0.3, 0.4) is 0 Å². The van der Waals surface area contributed by atoms with Crippen LogP contribution in [0.15, 0.2) is 42.5 Å². The Hall–Kier alpha value is -2.55. The maximum Gasteiger partial charge on any atom is 0.335 e. The highest BCUT2D eigenvalue weighted by Crippen LogP contribution is 2.60. The summed E-state index contributed by atoms with van der Waals surface area (Å²) in [6.07, 6.45) is 5.39. The Kier molecular flexibility index (Phi) is 3.27. The SMILES string of the molecule is C=CC(=O)Oc1c2c(c(O)c3cc(C)ccc13)C1C=C(CC)C2C1. The topological polar surface area (TPSA) is 46.5 Å². The van der Waals surface area contributed by atoms with Gasteiger partial charge in [-0.15, -0.1) is 0 Å². The van der Waals surface area contributed by atoms with Gasteiger partial charge in [-0.2, -0.15) is 0 Å². The monoisotopic (exact) mass is 320 g/mol. The van der Waals surface area contributed by atoms with Crippen LogP contribution in [0, 0.1) is 6.92 Å². The molecule has 0 radical (unpaired) electrons. The fourth-order valence-electron chi connectivity index (χ4n) is 4.28. The van der Waals surface area contributed by atoms with Crippen LogP contribution in [0.2, 0.25) is 0 Å². The number of esters is 1. The second kappa shape index (κ2) is 5.23. The second-order valence-corrected chi connectivity index (χ2v) is 6.67. The summed E-state index contributed by atoms with van der Waals surface area (Å²) in [6, 6.07) is 5.85. The summed E-state index contributed by atoms with van der Waals surface area (Å²) in [5.41, 5.74) is 4.35. The van der Waals surface area contributed by atoms with E-state index in [4.69, 9.17) is 4.74 Å². The van der Waals surface area contributed by atoms with E-state index in [0.29, 0.717) is 11.5 Å². The average Bonchev–Trinajstić information content (AvgIpc) is 3.16. The zero-order valence-corrected chi connectivity index (χ0v) is 13.9. The first-order chi connectivity index (χ1) is 11.5. The molecule has 2 unspecified atom stereocenters. The summed E-state index contributed by atoms with van der Waals surface area (Å²) in [5.74, 6) is 0.912. The summed E-state index contributed by atoms with van der Waals surface area (Å²) < 4.78 is 5.66. The predicted molar refractivity (Wildman–Crippen MR) is 94.7 cm³/mol. The number of aryl methyl sites for hydroxylation is 1. The van der Waals surface area contributed by atoms with Crippen LogP contribution >= 0.6 is 0 Å². The number of aromatic hydroxyl groups is 1. The van der Waals surface area contributed by atoms with Crippen LogP contribution in [0.4, 0.5) is 0 Å². The van der Waals surface area contributed by atoms with Gasteiger partial charge in [-0.25, -0.2) is 4.79 Å². The molecular weight excluding hydrogens is 300 g/mol. The second-order valence-electron chi connectivity index (χ2n) is 6.67. The van der Waals surface area contributed by atoms with Gasteiger partial charge in [0.1, 0.15) is 11.5 Å². The molecule has 0 saturated carbocycles. The fraction of sp³-hybridized carbons (Fsp3) is 0.286. The summed E-state index contributed by atoms with van der Waals surface area (Å²) in [7, 11) is 0. The average molecular weight is 320 g/mol. The van der Waals surface area contributed by atoms with Crippen molar-refractivity contribution < 1.29 is 14.6 Å². The lowest BCUT2D eigenvalue weighted by atomic mass is 9.86. The Morgan fingerprint density at radius 3 is 2.88 bits per heavy atom. The quantitative estimate of drug-likeness (QED) is 0.380. The maximum absolute atomic E-state index is 11.9. The molecule has 122 valence electrons. The van der Waals surface area contributed by atoms with E-state index in [1.807, 2.05) is 25.1 Å². The normalized spacial score (nSPS) is 20.8. The molecule has 4 rings (SSSR count). The predicted octanol–water partition coefficient (Wildman–Crippen LogP) is 4.87. The van der Waals surface area contributed by atoms with Gasteiger partial charge in [0.05, 0.1) is 0 Å². The van der Waals surface area contributed by atoms with Crippen LogP contribution in [-0.4, -0.2) is 11.1 Å². The molecule has 0 amide bonds. The molecule has 0 aromatic heterocycles. The lowest BCUT2D eigenvalue weighted by Crippen LogP contribution is -2.09. The van der Waals surface area contributed by atoms with Crippen LogP contribution in [0.25, 0.3) is 10.8 Å². The van der Waals surface area contributed by atoms with E-state index in [1.54, 1.807) is 0 Å². The highest BCUT2D eigenvalue weighted by molar-refractivity contribution is 5.99. The van der Waals surface area contributed by atoms with E-state index in [-0.39, 0.29) is 11.8 Å². The molecule has 3 heteroatoms. The Bertz CT molecular complexity index is 921. The molecule has 2 atom stereocenters. The number of hydrogen-bond acceptors (Lipinski definition) is 3. The molecule has 2 aliphatic carbocycles. The van der Waals surface area contributed by atoms with E-state index >= 15 is 0 Å². The van der Waals surface area contributed by atoms with Crippen molar-refractivity contribution in [3.05, 3.63) is 59.2 Å². The van der Waals surface area contributed by atoms with E-state index in [2.05, 4.69) is 19.6 Å². The number of allylic oxidation sites excluding steroid dienone is 2. The third-order valence-corrected chi connectivity index (χ3v) is 5.31. The summed E-state index contributed by atoms with van der Waals surface area (Å²) >= 11 is 0. The van der Waals surface area contributed by atoms with Crippen molar-refractivity contribution in [3.63, 3.8) is 0 Å². The van der Waals surface area contributed by atoms with Gasteiger partial charge >= 0.3 is 5.97 Å². The number of phenolic OH excluding ortho intramolecular Hbond substituents is 1. The van der Waals surface area contributed by atoms with Crippen LogP contribution in [0.1, 0.15) is 48.3 Å². The lowest BCUT2D eigenvalue weighted by molar-refractivity contribution is -0.128. The van der Waals surface area contributed by atoms with Crippen molar-refractivity contribution in [1.82, 2.24) is 0 Å². The first-order valence-corrected chi connectivity index (χ1v) is 8.39. The molecule has 1 N–H and O–H groups in total. The highest BCUT2D eigenvalue weighted by Gasteiger charge is 2.42. The Morgan fingerprint density at radius 2 is 2.17 bits per heavy atom. The summed E-state index contributed by atoms with van der Waals surface area (Å²) in [5, 5.41) is 12.4. The van der Waals surface area contributed by atoms with Gasteiger partial charge in [-0.05, 0) is 25.8 Å². The van der Waals surface area contributed by atoms with E-state index in [1.165, 1.54) is 11.6 Å². The first kappa shape index (κ1) is 15.0. The molecule has 0 saturated heterocycles. The standard InChI is InChI=1S/C21H20O3/c1-4-12-9-13-10-15(12)19-18(13)20(23)16-8-11(3)6-7-14(16)21(19)24-17(22)5-2/h5-9,13,15,23H,2,4,10H2,1,3H3. The number of carbonyl (C=O) groups is 1. The third kappa shape index (κ3) is 1.94. The molecule has 3 nitrogen and oxygen atoms in total. The van der Waals surface area contributed by atoms with Gasteiger partial charge in [0.2, 0.25) is 0 Å². The van der Waals surface area contributed by atoms with Crippen molar-refractivity contribution in [2.24, 2.45) is 0 Å². The largest absolute Gasteiger partial charge is 0.507 e. The molecule has 2 bridgehead atoms. The van der Waals surface area contributed by atoms with E-state index < -0.39 is 5.97 Å². The minimum Gasteiger partial charge on any atom is -0.507 e. The highest BCUT2D eigenvalue weighted by atomic mass is 16.5. The number of phenols is 1. The van der Waals surface area contributed by atoms with Gasteiger partial charge in [-0.3, -0.25) is 0 Å². The van der Waals surface area contributed by atoms with Gasteiger partial charge in [0, 0.05) is 39.8 Å². The number of rotatable bonds is 3. The summed E-state index contributed by atoms with van der Waals surface area (Å²) in [4.78, 5) is 11.9. The molecule has 2 aromatic rings. The lowest BCUT2D eigenvalue weighted by Gasteiger charge is -2.22. The van der Waals surface area contributed by atoms with Gasteiger partial charge in [-0.1, -0.05) is 42.8 Å². The van der Waals surface area contributed by atoms with Crippen molar-refractivity contribution in [2.45, 2.75) is 38.5 Å². The molecular formula is C21H20O3. The first-order valence-electron chi connectivity index (χ1n) is 8.39. The maximum atomic E-state index is 11.9. The molecule has 24 heavy (non-hydrogen) atoms. The molecule has 0 fully saturated rings. The Morgan fingerprint density at radius 1 is 1.38 bits per heavy atom. The van der Waals surface area contributed by atoms with Crippen molar-refractivity contribution in [1.29, 1.82) is 0 Å². The Balaban J connectivity index is 2.05. The zero-order valence-electron chi connectivity index (χ0n) is 13.9. The third-order valence-electron chi connectivity index (χ3n) is 5.31. The van der Waals surface area contributed by atoms with E-state index in [0.717, 1.165) is 40.3 Å². The van der Waals surface area contributed by atoms with Gasteiger partial charge in [0.15, 0.2) is 0 Å². The fourth-order valence-corrected chi connectivity index (χ4v) is 4.28. The molecule has 0 aliphatic heterocycles. The molecule has 2 aromatic carbocycles. The van der Waals surface area contributed by atoms with Crippen molar-refractivity contribution in [3.8, 4) is 11.5 Å². The van der Waals surface area contributed by atoms with Crippen molar-refractivity contribution in [2.75, 3.05) is 0 Å². The van der Waals surface area contributed by atoms with Crippen LogP contribution in [-0.2, 0) is 4.79 Å². The number of carbonyl (C=O) groups excluding carboxylic acids is 1. The van der Waals surface area contributed by atoms with Crippen LogP contribution < -0.4 is 4.74 Å². The summed E-state index contributed by atoms with van der Waals surface area (Å²) in [6.45, 7) is 7.64. The molecule has 0 spiro atoms. The number of benzene rings is 2. The number of hydrogen-bond donors (Lipinski definition) is 1. The van der Waals surface area contributed by atoms with Crippen molar-refractivity contribution >= 4 is 16.7 Å². The number of fused-ring (bicyclic) bond motifs is 6. The minimum atomic E-state index is -0.463. The molecule has 0 heterocycles.